The van der Waals surface area contributed by atoms with Crippen molar-refractivity contribution >= 4 is 52.9 Å². The lowest BCUT2D eigenvalue weighted by Gasteiger charge is -2.30. The number of hydrogen-bond donors (Lipinski definition) is 0. The van der Waals surface area contributed by atoms with E-state index in [9.17, 15) is 9.59 Å². The van der Waals surface area contributed by atoms with Crippen molar-refractivity contribution in [2.24, 2.45) is 5.92 Å². The Balaban J connectivity index is 1.42. The van der Waals surface area contributed by atoms with Crippen molar-refractivity contribution in [2.45, 2.75) is 29.6 Å². The smallest absolute Gasteiger partial charge is 0.310 e. The van der Waals surface area contributed by atoms with Crippen molar-refractivity contribution in [3.8, 4) is 11.5 Å². The molecule has 0 aromatic heterocycles. The highest BCUT2D eigenvalue weighted by molar-refractivity contribution is 7.99. The van der Waals surface area contributed by atoms with Crippen LogP contribution in [0.15, 0.2) is 46.2 Å². The summed E-state index contributed by atoms with van der Waals surface area (Å²) in [5.74, 6) is 0.744. The fraction of sp³-hybridized carbons (Fsp3) is 0.360. The Hall–Kier alpha value is -2.35. The molecule has 0 N–H and O–H groups in total. The van der Waals surface area contributed by atoms with Crippen molar-refractivity contribution in [1.29, 1.82) is 0 Å². The van der Waals surface area contributed by atoms with E-state index in [0.29, 0.717) is 54.3 Å². The van der Waals surface area contributed by atoms with Crippen molar-refractivity contribution < 1.29 is 23.8 Å². The molecule has 2 aliphatic heterocycles. The first kappa shape index (κ1) is 24.8. The number of amides is 1. The fourth-order valence-electron chi connectivity index (χ4n) is 3.86. The van der Waals surface area contributed by atoms with Gasteiger partial charge in [0.05, 0.1) is 22.6 Å². The van der Waals surface area contributed by atoms with Crippen molar-refractivity contribution in [1.82, 2.24) is 4.90 Å². The number of piperidine rings is 1. The topological polar surface area (TPSA) is 65.1 Å². The van der Waals surface area contributed by atoms with E-state index in [4.69, 9.17) is 37.4 Å². The van der Waals surface area contributed by atoms with Crippen molar-refractivity contribution in [3.63, 3.8) is 0 Å². The van der Waals surface area contributed by atoms with E-state index < -0.39 is 0 Å². The molecule has 0 radical (unpaired) electrons. The van der Waals surface area contributed by atoms with Gasteiger partial charge in [-0.15, -0.1) is 0 Å². The number of ether oxygens (including phenoxy) is 3. The molecule has 180 valence electrons. The number of carbonyl (C=O) groups excluding carboxylic acids is 2. The molecule has 2 aromatic carbocycles. The molecule has 2 aromatic rings. The Bertz CT molecular complexity index is 1110. The number of esters is 1. The molecule has 0 spiro atoms. The highest BCUT2D eigenvalue weighted by Crippen LogP contribution is 2.42. The summed E-state index contributed by atoms with van der Waals surface area (Å²) in [4.78, 5) is 28.1. The molecule has 0 aliphatic carbocycles. The lowest BCUT2D eigenvalue weighted by Crippen LogP contribution is -2.42. The van der Waals surface area contributed by atoms with E-state index in [1.54, 1.807) is 17.9 Å². The number of nitrogens with zero attached hydrogens (tertiary/aromatic N) is 1. The van der Waals surface area contributed by atoms with Crippen LogP contribution in [0, 0.1) is 5.92 Å². The summed E-state index contributed by atoms with van der Waals surface area (Å²) in [5, 5.41) is 0.785. The van der Waals surface area contributed by atoms with E-state index in [1.807, 2.05) is 30.3 Å². The molecule has 1 atom stereocenters. The summed E-state index contributed by atoms with van der Waals surface area (Å²) < 4.78 is 16.3. The molecule has 2 aliphatic rings. The molecule has 1 saturated heterocycles. The number of likely N-dealkylation sites (tertiary alicyclic amines) is 1. The zero-order valence-corrected chi connectivity index (χ0v) is 21.0. The average Bonchev–Trinajstić information content (AvgIpc) is 2.86. The SMILES string of the molecule is CCOC(=O)C1CCCN(C(=O)/C=C/c2ccc(Sc3ccc4c(c3)OCCO4)c(Cl)c2Cl)C1. The third kappa shape index (κ3) is 5.82. The Labute approximate surface area is 213 Å². The summed E-state index contributed by atoms with van der Waals surface area (Å²) in [6, 6.07) is 9.44. The monoisotopic (exact) mass is 521 g/mol. The van der Waals surface area contributed by atoms with E-state index in [2.05, 4.69) is 0 Å². The highest BCUT2D eigenvalue weighted by Gasteiger charge is 2.28. The van der Waals surface area contributed by atoms with Crippen LogP contribution >= 0.6 is 35.0 Å². The van der Waals surface area contributed by atoms with Gasteiger partial charge in [0, 0.05) is 29.0 Å². The second-order valence-corrected chi connectivity index (χ2v) is 9.77. The second kappa shape index (κ2) is 11.4. The van der Waals surface area contributed by atoms with Crippen molar-refractivity contribution in [3.05, 3.63) is 52.0 Å². The third-order valence-electron chi connectivity index (χ3n) is 5.58. The van der Waals surface area contributed by atoms with Gasteiger partial charge >= 0.3 is 5.97 Å². The third-order valence-corrected chi connectivity index (χ3v) is 7.63. The van der Waals surface area contributed by atoms with Crippen LogP contribution in [0.1, 0.15) is 25.3 Å². The lowest BCUT2D eigenvalue weighted by atomic mass is 9.98. The normalized spacial score (nSPS) is 17.6. The molecule has 34 heavy (non-hydrogen) atoms. The maximum atomic E-state index is 12.7. The van der Waals surface area contributed by atoms with E-state index in [1.165, 1.54) is 17.8 Å². The number of benzene rings is 2. The van der Waals surface area contributed by atoms with Gasteiger partial charge in [0.15, 0.2) is 11.5 Å². The van der Waals surface area contributed by atoms with Crippen LogP contribution < -0.4 is 9.47 Å². The van der Waals surface area contributed by atoms with E-state index in [-0.39, 0.29) is 17.8 Å². The summed E-state index contributed by atoms with van der Waals surface area (Å²) in [5.41, 5.74) is 0.644. The maximum absolute atomic E-state index is 12.7. The standard InChI is InChI=1S/C25H25Cl2NO5S/c1-2-31-25(30)17-4-3-11-28(15-17)22(29)10-6-16-5-9-21(24(27)23(16)26)34-18-7-8-19-20(14-18)33-13-12-32-19/h5-10,14,17H,2-4,11-13,15H2,1H3/b10-6+. The number of hydrogen-bond acceptors (Lipinski definition) is 6. The van der Waals surface area contributed by atoms with Crippen LogP contribution in [0.2, 0.25) is 10.0 Å². The van der Waals surface area contributed by atoms with Gasteiger partial charge < -0.3 is 19.1 Å². The fourth-order valence-corrected chi connectivity index (χ4v) is 5.32. The van der Waals surface area contributed by atoms with Crippen LogP contribution in [0.3, 0.4) is 0 Å². The summed E-state index contributed by atoms with van der Waals surface area (Å²) in [7, 11) is 0. The second-order valence-electron chi connectivity index (χ2n) is 7.90. The molecule has 1 fully saturated rings. The van der Waals surface area contributed by atoms with E-state index >= 15 is 0 Å². The number of rotatable bonds is 6. The first-order chi connectivity index (χ1) is 16.5. The molecule has 6 nitrogen and oxygen atoms in total. The average molecular weight is 522 g/mol. The molecule has 4 rings (SSSR count). The van der Waals surface area contributed by atoms with Gasteiger partial charge in [0.25, 0.3) is 0 Å². The predicted molar refractivity (Wildman–Crippen MR) is 133 cm³/mol. The molecule has 0 saturated carbocycles. The van der Waals surface area contributed by atoms with Gasteiger partial charge in [-0.2, -0.15) is 0 Å². The Kier molecular flexibility index (Phi) is 8.29. The number of carbonyl (C=O) groups is 2. The van der Waals surface area contributed by atoms with E-state index in [0.717, 1.165) is 28.4 Å². The Morgan fingerprint density at radius 1 is 1.15 bits per heavy atom. The molecule has 1 amide bonds. The van der Waals surface area contributed by atoms with Gasteiger partial charge in [-0.25, -0.2) is 0 Å². The number of halogens is 2. The zero-order valence-electron chi connectivity index (χ0n) is 18.7. The predicted octanol–water partition coefficient (Wildman–Crippen LogP) is 5.73. The quantitative estimate of drug-likeness (QED) is 0.357. The summed E-state index contributed by atoms with van der Waals surface area (Å²) >= 11 is 14.5. The highest BCUT2D eigenvalue weighted by atomic mass is 35.5. The molecule has 1 unspecified atom stereocenters. The number of fused-ring (bicyclic) bond motifs is 1. The van der Waals surface area contributed by atoms with Crippen LogP contribution in [0.4, 0.5) is 0 Å². The van der Waals surface area contributed by atoms with Gasteiger partial charge in [0.1, 0.15) is 13.2 Å². The Morgan fingerprint density at radius 2 is 1.94 bits per heavy atom. The first-order valence-electron chi connectivity index (χ1n) is 11.2. The van der Waals surface area contributed by atoms with Crippen LogP contribution in [0.5, 0.6) is 11.5 Å². The molecule has 0 bridgehead atoms. The largest absolute Gasteiger partial charge is 0.486 e. The van der Waals surface area contributed by atoms with Gasteiger partial charge in [-0.05, 0) is 55.7 Å². The minimum absolute atomic E-state index is 0.170. The van der Waals surface area contributed by atoms with Crippen LogP contribution in [-0.2, 0) is 14.3 Å². The lowest BCUT2D eigenvalue weighted by molar-refractivity contribution is -0.150. The van der Waals surface area contributed by atoms with Gasteiger partial charge in [-0.1, -0.05) is 41.0 Å². The van der Waals surface area contributed by atoms with Crippen molar-refractivity contribution in [2.75, 3.05) is 32.9 Å². The zero-order chi connectivity index (χ0) is 24.1. The van der Waals surface area contributed by atoms with Crippen LogP contribution in [-0.4, -0.2) is 49.7 Å². The Morgan fingerprint density at radius 3 is 2.74 bits per heavy atom. The molecule has 9 heteroatoms. The molecular formula is C25H25Cl2NO5S. The molecule has 2 heterocycles. The minimum Gasteiger partial charge on any atom is -0.486 e. The first-order valence-corrected chi connectivity index (χ1v) is 12.7. The van der Waals surface area contributed by atoms with Gasteiger partial charge in [0.2, 0.25) is 5.91 Å². The summed E-state index contributed by atoms with van der Waals surface area (Å²) in [6.07, 6.45) is 4.62. The van der Waals surface area contributed by atoms with Crippen LogP contribution in [0.25, 0.3) is 6.08 Å². The van der Waals surface area contributed by atoms with Gasteiger partial charge in [-0.3, -0.25) is 9.59 Å². The summed E-state index contributed by atoms with van der Waals surface area (Å²) in [6.45, 7) is 4.16. The minimum atomic E-state index is -0.277. The molecular weight excluding hydrogens is 497 g/mol. The maximum Gasteiger partial charge on any atom is 0.310 e.